The number of unbranched alkanes of at least 4 members (excludes halogenated alkanes) is 8. The third-order valence-corrected chi connectivity index (χ3v) is 3.93. The fraction of sp³-hybridized carbons (Fsp3) is 0.938. The Morgan fingerprint density at radius 3 is 2.00 bits per heavy atom. The summed E-state index contributed by atoms with van der Waals surface area (Å²) in [5.74, 6) is 0.296. The minimum absolute atomic E-state index is 0.0563. The van der Waals surface area contributed by atoms with Crippen molar-refractivity contribution in [2.24, 2.45) is 5.92 Å². The summed E-state index contributed by atoms with van der Waals surface area (Å²) >= 11 is 0. The predicted octanol–water partition coefficient (Wildman–Crippen LogP) is 4.86. The maximum atomic E-state index is 11.4. The quantitative estimate of drug-likeness (QED) is 0.389. The van der Waals surface area contributed by atoms with Crippen molar-refractivity contribution < 1.29 is 9.53 Å². The number of hydrogen-bond donors (Lipinski definition) is 0. The first-order valence-electron chi connectivity index (χ1n) is 8.01. The van der Waals surface area contributed by atoms with Gasteiger partial charge in [0.25, 0.3) is 0 Å². The smallest absolute Gasteiger partial charge is 0.308 e. The lowest BCUT2D eigenvalue weighted by Crippen LogP contribution is -2.24. The second-order valence-electron chi connectivity index (χ2n) is 5.62. The van der Waals surface area contributed by atoms with Gasteiger partial charge in [0.2, 0.25) is 0 Å². The Hall–Kier alpha value is -0.530. The van der Waals surface area contributed by atoms with Crippen molar-refractivity contribution >= 4 is 5.97 Å². The molecule has 1 saturated carbocycles. The van der Waals surface area contributed by atoms with Crippen LogP contribution in [0.1, 0.15) is 84.0 Å². The first-order valence-corrected chi connectivity index (χ1v) is 8.01. The van der Waals surface area contributed by atoms with Crippen molar-refractivity contribution in [3.63, 3.8) is 0 Å². The number of esters is 1. The summed E-state index contributed by atoms with van der Waals surface area (Å²) < 4.78 is 5.27. The molecule has 1 rings (SSSR count). The molecule has 0 N–H and O–H groups in total. The van der Waals surface area contributed by atoms with Gasteiger partial charge in [0.05, 0.1) is 12.5 Å². The zero-order chi connectivity index (χ0) is 13.1. The Kier molecular flexibility index (Phi) is 8.97. The van der Waals surface area contributed by atoms with E-state index in [1.807, 2.05) is 0 Å². The molecule has 0 aromatic carbocycles. The van der Waals surface area contributed by atoms with Crippen LogP contribution in [0.15, 0.2) is 0 Å². The van der Waals surface area contributed by atoms with Crippen LogP contribution in [0.3, 0.4) is 0 Å². The van der Waals surface area contributed by atoms with Gasteiger partial charge < -0.3 is 4.74 Å². The zero-order valence-corrected chi connectivity index (χ0v) is 12.1. The van der Waals surface area contributed by atoms with Gasteiger partial charge in [-0.15, -0.1) is 0 Å². The van der Waals surface area contributed by atoms with Gasteiger partial charge in [0.1, 0.15) is 0 Å². The highest BCUT2D eigenvalue weighted by molar-refractivity contribution is 5.73. The summed E-state index contributed by atoms with van der Waals surface area (Å²) in [7, 11) is 0. The van der Waals surface area contributed by atoms with E-state index in [0.717, 1.165) is 19.3 Å². The minimum atomic E-state index is 0.0563. The summed E-state index contributed by atoms with van der Waals surface area (Å²) in [5, 5.41) is 0. The van der Waals surface area contributed by atoms with E-state index in [1.165, 1.54) is 57.8 Å². The fourth-order valence-corrected chi connectivity index (χ4v) is 2.35. The second kappa shape index (κ2) is 10.4. The molecule has 18 heavy (non-hydrogen) atoms. The van der Waals surface area contributed by atoms with Crippen LogP contribution in [-0.2, 0) is 9.53 Å². The number of hydrogen-bond acceptors (Lipinski definition) is 2. The van der Waals surface area contributed by atoms with Gasteiger partial charge in [0, 0.05) is 0 Å². The van der Waals surface area contributed by atoms with Crippen LogP contribution in [0.2, 0.25) is 0 Å². The lowest BCUT2D eigenvalue weighted by molar-refractivity contribution is -0.151. The van der Waals surface area contributed by atoms with E-state index in [9.17, 15) is 4.79 Å². The number of rotatable bonds is 11. The SMILES string of the molecule is CCCCCCCCCCCOC(=O)C1CCC1. The van der Waals surface area contributed by atoms with Crippen molar-refractivity contribution in [3.05, 3.63) is 0 Å². The van der Waals surface area contributed by atoms with Gasteiger partial charge in [0.15, 0.2) is 0 Å². The summed E-state index contributed by atoms with van der Waals surface area (Å²) in [6.45, 7) is 2.90. The summed E-state index contributed by atoms with van der Waals surface area (Å²) in [4.78, 5) is 11.4. The van der Waals surface area contributed by atoms with E-state index < -0.39 is 0 Å². The average Bonchev–Trinajstić information content (AvgIpc) is 2.29. The normalized spacial score (nSPS) is 15.4. The Labute approximate surface area is 112 Å². The van der Waals surface area contributed by atoms with Crippen molar-refractivity contribution in [1.82, 2.24) is 0 Å². The monoisotopic (exact) mass is 254 g/mol. The largest absolute Gasteiger partial charge is 0.465 e. The highest BCUT2D eigenvalue weighted by atomic mass is 16.5. The van der Waals surface area contributed by atoms with Crippen LogP contribution in [-0.4, -0.2) is 12.6 Å². The van der Waals surface area contributed by atoms with Crippen molar-refractivity contribution in [2.45, 2.75) is 84.0 Å². The van der Waals surface area contributed by atoms with Crippen LogP contribution < -0.4 is 0 Å². The molecule has 0 heterocycles. The van der Waals surface area contributed by atoms with E-state index in [-0.39, 0.29) is 11.9 Å². The van der Waals surface area contributed by atoms with E-state index in [1.54, 1.807) is 0 Å². The molecule has 2 nitrogen and oxygen atoms in total. The molecule has 0 aromatic rings. The van der Waals surface area contributed by atoms with Gasteiger partial charge in [-0.05, 0) is 19.3 Å². The molecular formula is C16H30O2. The van der Waals surface area contributed by atoms with Crippen LogP contribution >= 0.6 is 0 Å². The predicted molar refractivity (Wildman–Crippen MR) is 75.5 cm³/mol. The molecule has 1 fully saturated rings. The van der Waals surface area contributed by atoms with Gasteiger partial charge in [-0.25, -0.2) is 0 Å². The molecule has 1 aliphatic carbocycles. The molecule has 0 amide bonds. The van der Waals surface area contributed by atoms with E-state index >= 15 is 0 Å². The van der Waals surface area contributed by atoms with Crippen LogP contribution in [0.4, 0.5) is 0 Å². The molecule has 106 valence electrons. The standard InChI is InChI=1S/C16H30O2/c1-2-3-4-5-6-7-8-9-10-14-18-16(17)15-12-11-13-15/h15H,2-14H2,1H3. The topological polar surface area (TPSA) is 26.3 Å². The lowest BCUT2D eigenvalue weighted by atomic mass is 9.86. The fourth-order valence-electron chi connectivity index (χ4n) is 2.35. The second-order valence-corrected chi connectivity index (χ2v) is 5.62. The maximum absolute atomic E-state index is 11.4. The molecule has 0 spiro atoms. The molecule has 0 aromatic heterocycles. The number of ether oxygens (including phenoxy) is 1. The van der Waals surface area contributed by atoms with Gasteiger partial charge >= 0.3 is 5.97 Å². The maximum Gasteiger partial charge on any atom is 0.308 e. The van der Waals surface area contributed by atoms with E-state index in [4.69, 9.17) is 4.74 Å². The van der Waals surface area contributed by atoms with E-state index in [0.29, 0.717) is 6.61 Å². The molecule has 0 saturated heterocycles. The van der Waals surface area contributed by atoms with Gasteiger partial charge in [-0.3, -0.25) is 4.79 Å². The zero-order valence-electron chi connectivity index (χ0n) is 12.1. The summed E-state index contributed by atoms with van der Waals surface area (Å²) in [5.41, 5.74) is 0. The van der Waals surface area contributed by atoms with Crippen molar-refractivity contribution in [2.75, 3.05) is 6.61 Å². The van der Waals surface area contributed by atoms with Crippen molar-refractivity contribution in [3.8, 4) is 0 Å². The Morgan fingerprint density at radius 2 is 1.50 bits per heavy atom. The molecule has 0 radical (unpaired) electrons. The molecule has 0 bridgehead atoms. The third-order valence-electron chi connectivity index (χ3n) is 3.93. The molecule has 1 aliphatic rings. The van der Waals surface area contributed by atoms with Gasteiger partial charge in [-0.2, -0.15) is 0 Å². The highest BCUT2D eigenvalue weighted by Crippen LogP contribution is 2.27. The average molecular weight is 254 g/mol. The Morgan fingerprint density at radius 1 is 0.944 bits per heavy atom. The van der Waals surface area contributed by atoms with Crippen LogP contribution in [0.5, 0.6) is 0 Å². The van der Waals surface area contributed by atoms with Crippen molar-refractivity contribution in [1.29, 1.82) is 0 Å². The Balaban J connectivity index is 1.74. The number of carbonyl (C=O) groups is 1. The number of carbonyl (C=O) groups excluding carboxylic acids is 1. The molecular weight excluding hydrogens is 224 g/mol. The summed E-state index contributed by atoms with van der Waals surface area (Å²) in [6, 6.07) is 0. The molecule has 0 atom stereocenters. The van der Waals surface area contributed by atoms with Crippen LogP contribution in [0.25, 0.3) is 0 Å². The Bertz CT molecular complexity index is 209. The molecule has 2 heteroatoms. The molecule has 0 unspecified atom stereocenters. The third kappa shape index (κ3) is 7.03. The highest BCUT2D eigenvalue weighted by Gasteiger charge is 2.26. The van der Waals surface area contributed by atoms with Gasteiger partial charge in [-0.1, -0.05) is 64.7 Å². The first kappa shape index (κ1) is 15.5. The van der Waals surface area contributed by atoms with E-state index in [2.05, 4.69) is 6.92 Å². The van der Waals surface area contributed by atoms with Crippen LogP contribution in [0, 0.1) is 5.92 Å². The first-order chi connectivity index (χ1) is 8.84. The minimum Gasteiger partial charge on any atom is -0.465 e. The molecule has 0 aliphatic heterocycles. The summed E-state index contributed by atoms with van der Waals surface area (Å²) in [6.07, 6.45) is 15.1. The lowest BCUT2D eigenvalue weighted by Gasteiger charge is -2.22.